The molecule has 3 rings (SSSR count). The number of benzene rings is 2. The van der Waals surface area contributed by atoms with Gasteiger partial charge >= 0.3 is 5.97 Å². The maximum absolute atomic E-state index is 15.2. The van der Waals surface area contributed by atoms with E-state index in [1.807, 2.05) is 0 Å². The van der Waals surface area contributed by atoms with Crippen LogP contribution in [0.1, 0.15) is 59.1 Å². The van der Waals surface area contributed by atoms with Gasteiger partial charge in [0.2, 0.25) is 5.91 Å². The number of halogens is 4. The number of anilines is 1. The Balaban J connectivity index is 2.40. The molecule has 0 saturated heterocycles. The molecule has 1 unspecified atom stereocenters. The predicted molar refractivity (Wildman–Crippen MR) is 137 cm³/mol. The van der Waals surface area contributed by atoms with E-state index >= 15 is 4.39 Å². The Morgan fingerprint density at radius 2 is 1.51 bits per heavy atom. The van der Waals surface area contributed by atoms with Crippen LogP contribution >= 0.6 is 0 Å². The fourth-order valence-electron chi connectivity index (χ4n) is 3.89. The van der Waals surface area contributed by atoms with Gasteiger partial charge in [0.05, 0.1) is 17.7 Å². The normalized spacial score (nSPS) is 13.5. The maximum atomic E-state index is 15.2. The van der Waals surface area contributed by atoms with E-state index in [0.29, 0.717) is 6.07 Å². The van der Waals surface area contributed by atoms with E-state index in [1.54, 1.807) is 41.5 Å². The quantitative estimate of drug-likeness (QED) is 0.282. The van der Waals surface area contributed by atoms with E-state index in [1.165, 1.54) is 6.07 Å². The Morgan fingerprint density at radius 3 is 2.05 bits per heavy atom. The molecule has 0 aliphatic heterocycles. The molecule has 39 heavy (non-hydrogen) atoms. The van der Waals surface area contributed by atoms with Gasteiger partial charge in [0.1, 0.15) is 40.2 Å². The van der Waals surface area contributed by atoms with Crippen molar-refractivity contribution in [2.24, 2.45) is 5.41 Å². The highest BCUT2D eigenvalue weighted by atomic mass is 19.1. The first-order valence-corrected chi connectivity index (χ1v) is 12.1. The van der Waals surface area contributed by atoms with Gasteiger partial charge in [-0.1, -0.05) is 26.8 Å². The fraction of sp³-hybridized carbons (Fsp3) is 0.345. The second-order valence-electron chi connectivity index (χ2n) is 11.1. The molecule has 0 aliphatic rings. The molecule has 1 aromatic heterocycles. The summed E-state index contributed by atoms with van der Waals surface area (Å²) in [5, 5.41) is 14.6. The number of amides is 1. The SMILES string of the molecule is CC(C)(C)OC(=O)CC(O)(c1ccc(F)cc1F)c1ccnc(-c2c(F)cccc2F)c1NC(=O)C(C)(C)C. The van der Waals surface area contributed by atoms with Crippen LogP contribution < -0.4 is 5.32 Å². The third-order valence-corrected chi connectivity index (χ3v) is 5.71. The second-order valence-corrected chi connectivity index (χ2v) is 11.1. The van der Waals surface area contributed by atoms with Crippen molar-refractivity contribution >= 4 is 17.6 Å². The molecule has 0 aliphatic carbocycles. The number of nitrogens with zero attached hydrogens (tertiary/aromatic N) is 1. The number of aliphatic hydroxyl groups is 1. The summed E-state index contributed by atoms with van der Waals surface area (Å²) in [6, 6.07) is 6.61. The van der Waals surface area contributed by atoms with Crippen LogP contribution in [0.25, 0.3) is 11.3 Å². The number of rotatable bonds is 6. The fourth-order valence-corrected chi connectivity index (χ4v) is 3.89. The minimum Gasteiger partial charge on any atom is -0.460 e. The molecule has 2 aromatic carbocycles. The lowest BCUT2D eigenvalue weighted by atomic mass is 9.81. The van der Waals surface area contributed by atoms with Crippen molar-refractivity contribution < 1.29 is 37.0 Å². The van der Waals surface area contributed by atoms with Crippen LogP contribution in [-0.4, -0.2) is 27.6 Å². The highest BCUT2D eigenvalue weighted by Crippen LogP contribution is 2.43. The van der Waals surface area contributed by atoms with Gasteiger partial charge in [-0.15, -0.1) is 0 Å². The highest BCUT2D eigenvalue weighted by molar-refractivity contribution is 5.99. The molecule has 1 atom stereocenters. The first-order chi connectivity index (χ1) is 17.9. The number of carbonyl (C=O) groups is 2. The van der Waals surface area contributed by atoms with Gasteiger partial charge in [0.15, 0.2) is 0 Å². The summed E-state index contributed by atoms with van der Waals surface area (Å²) >= 11 is 0. The van der Waals surface area contributed by atoms with Crippen LogP contribution in [0.4, 0.5) is 23.2 Å². The molecule has 0 fully saturated rings. The second kappa shape index (κ2) is 10.8. The lowest BCUT2D eigenvalue weighted by molar-refractivity contribution is -0.159. The minimum atomic E-state index is -2.60. The largest absolute Gasteiger partial charge is 0.460 e. The molecule has 3 aromatic rings. The number of hydrogen-bond donors (Lipinski definition) is 2. The summed E-state index contributed by atoms with van der Waals surface area (Å²) in [4.78, 5) is 30.1. The molecule has 208 valence electrons. The third kappa shape index (κ3) is 6.62. The van der Waals surface area contributed by atoms with Gasteiger partial charge in [0.25, 0.3) is 0 Å². The van der Waals surface area contributed by atoms with Gasteiger partial charge < -0.3 is 15.2 Å². The number of nitrogens with one attached hydrogen (secondary N) is 1. The summed E-state index contributed by atoms with van der Waals surface area (Å²) in [5.41, 5.74) is -6.86. The molecule has 0 bridgehead atoms. The lowest BCUT2D eigenvalue weighted by Crippen LogP contribution is -2.37. The van der Waals surface area contributed by atoms with Crippen molar-refractivity contribution in [3.05, 3.63) is 83.1 Å². The molecule has 0 saturated carbocycles. The topological polar surface area (TPSA) is 88.5 Å². The van der Waals surface area contributed by atoms with Gasteiger partial charge in [0, 0.05) is 28.8 Å². The molecular formula is C29H30F4N2O4. The van der Waals surface area contributed by atoms with Crippen LogP contribution in [0, 0.1) is 28.7 Å². The van der Waals surface area contributed by atoms with Crippen molar-refractivity contribution in [3.63, 3.8) is 0 Å². The number of hydrogen-bond acceptors (Lipinski definition) is 5. The van der Waals surface area contributed by atoms with Crippen molar-refractivity contribution in [2.45, 2.75) is 59.2 Å². The molecule has 1 amide bonds. The van der Waals surface area contributed by atoms with Gasteiger partial charge in [-0.25, -0.2) is 17.6 Å². The Labute approximate surface area is 224 Å². The zero-order valence-electron chi connectivity index (χ0n) is 22.5. The molecule has 0 spiro atoms. The number of ether oxygens (including phenoxy) is 1. The highest BCUT2D eigenvalue weighted by Gasteiger charge is 2.42. The van der Waals surface area contributed by atoms with Crippen LogP contribution in [0.5, 0.6) is 0 Å². The van der Waals surface area contributed by atoms with E-state index in [0.717, 1.165) is 36.5 Å². The number of carbonyl (C=O) groups excluding carboxylic acids is 2. The Bertz CT molecular complexity index is 1390. The first kappa shape index (κ1) is 29.8. The van der Waals surface area contributed by atoms with Crippen molar-refractivity contribution in [2.75, 3.05) is 5.32 Å². The van der Waals surface area contributed by atoms with Gasteiger partial charge in [-0.05, 0) is 51.1 Å². The average molecular weight is 547 g/mol. The number of aromatic nitrogens is 1. The van der Waals surface area contributed by atoms with E-state index < -0.39 is 75.0 Å². The third-order valence-electron chi connectivity index (χ3n) is 5.71. The summed E-state index contributed by atoms with van der Waals surface area (Å²) in [6.07, 6.45) is 0.194. The van der Waals surface area contributed by atoms with Gasteiger partial charge in [-0.3, -0.25) is 14.6 Å². The Hall–Kier alpha value is -3.79. The molecule has 0 radical (unpaired) electrons. The molecule has 2 N–H and O–H groups in total. The molecular weight excluding hydrogens is 516 g/mol. The lowest BCUT2D eigenvalue weighted by Gasteiger charge is -2.33. The summed E-state index contributed by atoms with van der Waals surface area (Å²) in [6.45, 7) is 9.49. The van der Waals surface area contributed by atoms with E-state index in [9.17, 15) is 27.9 Å². The van der Waals surface area contributed by atoms with Crippen LogP contribution in [-0.2, 0) is 19.9 Å². The summed E-state index contributed by atoms with van der Waals surface area (Å²) < 4.78 is 64.2. The Kier molecular flexibility index (Phi) is 8.21. The van der Waals surface area contributed by atoms with Crippen molar-refractivity contribution in [1.82, 2.24) is 4.98 Å². The molecule has 6 nitrogen and oxygen atoms in total. The minimum absolute atomic E-state index is 0.316. The van der Waals surface area contributed by atoms with Crippen molar-refractivity contribution in [1.29, 1.82) is 0 Å². The number of esters is 1. The predicted octanol–water partition coefficient (Wildman–Crippen LogP) is 6.26. The summed E-state index contributed by atoms with van der Waals surface area (Å²) in [5.74, 6) is -5.78. The smallest absolute Gasteiger partial charge is 0.309 e. The zero-order chi connectivity index (χ0) is 29.3. The van der Waals surface area contributed by atoms with E-state index in [-0.39, 0.29) is 11.3 Å². The van der Waals surface area contributed by atoms with Crippen molar-refractivity contribution in [3.8, 4) is 11.3 Å². The molecule has 1 heterocycles. The molecule has 10 heteroatoms. The monoisotopic (exact) mass is 546 g/mol. The van der Waals surface area contributed by atoms with Crippen LogP contribution in [0.15, 0.2) is 48.7 Å². The Morgan fingerprint density at radius 1 is 0.897 bits per heavy atom. The van der Waals surface area contributed by atoms with Crippen LogP contribution in [0.2, 0.25) is 0 Å². The zero-order valence-corrected chi connectivity index (χ0v) is 22.5. The first-order valence-electron chi connectivity index (χ1n) is 12.1. The van der Waals surface area contributed by atoms with Crippen LogP contribution in [0.3, 0.4) is 0 Å². The standard InChI is InChI=1S/C29H30F4N2O4/c1-27(2,3)26(37)35-24-18(12-13-34-25(24)23-19(31)8-7-9-20(23)32)29(38,15-22(36)39-28(4,5)6)17-11-10-16(30)14-21(17)33/h7-14,38H,15H2,1-6H3,(H,35,37). The number of pyridine rings is 1. The maximum Gasteiger partial charge on any atom is 0.309 e. The average Bonchev–Trinajstić information content (AvgIpc) is 2.77. The van der Waals surface area contributed by atoms with E-state index in [2.05, 4.69) is 10.3 Å². The summed E-state index contributed by atoms with van der Waals surface area (Å²) in [7, 11) is 0. The van der Waals surface area contributed by atoms with E-state index in [4.69, 9.17) is 4.74 Å². The van der Waals surface area contributed by atoms with Gasteiger partial charge in [-0.2, -0.15) is 0 Å².